The monoisotopic (exact) mass is 273 g/mol. The van der Waals surface area contributed by atoms with Gasteiger partial charge in [-0.3, -0.25) is 0 Å². The molecular weight excluding hydrogens is 262 g/mol. The van der Waals surface area contributed by atoms with Crippen LogP contribution in [-0.4, -0.2) is 11.7 Å². The molecule has 0 spiro atoms. The van der Waals surface area contributed by atoms with Crippen molar-refractivity contribution < 1.29 is 9.84 Å². The van der Waals surface area contributed by atoms with Crippen molar-refractivity contribution in [1.29, 1.82) is 5.26 Å². The van der Waals surface area contributed by atoms with E-state index in [0.29, 0.717) is 16.3 Å². The summed E-state index contributed by atoms with van der Waals surface area (Å²) < 4.78 is 5.46. The number of aliphatic hydroxyl groups excluding tert-OH is 1. The highest BCUT2D eigenvalue weighted by Gasteiger charge is 2.08. The fraction of sp³-hybridized carbons (Fsp3) is 0.133. The zero-order valence-electron chi connectivity index (χ0n) is 10.1. The zero-order chi connectivity index (χ0) is 13.7. The molecule has 0 aliphatic heterocycles. The predicted octanol–water partition coefficient (Wildman–Crippen LogP) is 3.32. The Balaban J connectivity index is 2.00. The molecule has 4 heteroatoms. The van der Waals surface area contributed by atoms with Gasteiger partial charge < -0.3 is 9.84 Å². The number of benzene rings is 2. The van der Waals surface area contributed by atoms with Crippen LogP contribution in [0.2, 0.25) is 5.02 Å². The lowest BCUT2D eigenvalue weighted by Gasteiger charge is -2.12. The number of ether oxygens (including phenoxy) is 1. The molecule has 1 atom stereocenters. The average Bonchev–Trinajstić information content (AvgIpc) is 2.46. The summed E-state index contributed by atoms with van der Waals surface area (Å²) in [6.45, 7) is 0.131. The fourth-order valence-corrected chi connectivity index (χ4v) is 1.84. The van der Waals surface area contributed by atoms with Gasteiger partial charge in [0, 0.05) is 6.07 Å². The van der Waals surface area contributed by atoms with E-state index in [1.54, 1.807) is 18.2 Å². The van der Waals surface area contributed by atoms with Crippen LogP contribution in [0.3, 0.4) is 0 Å². The minimum Gasteiger partial charge on any atom is -0.490 e. The number of nitrogens with zero attached hydrogens (tertiary/aromatic N) is 1. The van der Waals surface area contributed by atoms with Crippen LogP contribution in [0.15, 0.2) is 48.5 Å². The van der Waals surface area contributed by atoms with Gasteiger partial charge >= 0.3 is 0 Å². The first-order valence-corrected chi connectivity index (χ1v) is 6.14. The summed E-state index contributed by atoms with van der Waals surface area (Å²) in [5.74, 6) is 0.527. The van der Waals surface area contributed by atoms with Crippen molar-refractivity contribution >= 4 is 11.6 Å². The Hall–Kier alpha value is -2.02. The van der Waals surface area contributed by atoms with Gasteiger partial charge in [0.2, 0.25) is 0 Å². The lowest BCUT2D eigenvalue weighted by molar-refractivity contribution is 0.108. The minimum atomic E-state index is -0.699. The molecule has 1 unspecified atom stereocenters. The standard InChI is InChI=1S/C15H12ClNO2/c16-14-8-13(7-6-12(14)9-17)19-10-15(18)11-4-2-1-3-5-11/h1-8,15,18H,10H2. The molecule has 1 N–H and O–H groups in total. The van der Waals surface area contributed by atoms with E-state index in [0.717, 1.165) is 5.56 Å². The van der Waals surface area contributed by atoms with Crippen molar-refractivity contribution in [3.8, 4) is 11.8 Å². The van der Waals surface area contributed by atoms with Crippen LogP contribution in [0.25, 0.3) is 0 Å². The summed E-state index contributed by atoms with van der Waals surface area (Å²) in [7, 11) is 0. The van der Waals surface area contributed by atoms with Gasteiger partial charge in [0.25, 0.3) is 0 Å². The lowest BCUT2D eigenvalue weighted by atomic mass is 10.1. The molecule has 0 aliphatic carbocycles. The maximum Gasteiger partial charge on any atom is 0.121 e. The summed E-state index contributed by atoms with van der Waals surface area (Å²) in [6, 6.07) is 16.1. The molecule has 96 valence electrons. The number of hydrogen-bond donors (Lipinski definition) is 1. The smallest absolute Gasteiger partial charge is 0.121 e. The third kappa shape index (κ3) is 3.47. The van der Waals surface area contributed by atoms with Gasteiger partial charge in [-0.1, -0.05) is 41.9 Å². The topological polar surface area (TPSA) is 53.2 Å². The van der Waals surface area contributed by atoms with Gasteiger partial charge in [0.1, 0.15) is 24.5 Å². The van der Waals surface area contributed by atoms with Crippen molar-refractivity contribution in [2.24, 2.45) is 0 Å². The largest absolute Gasteiger partial charge is 0.490 e. The van der Waals surface area contributed by atoms with E-state index in [-0.39, 0.29) is 6.61 Å². The third-order valence-electron chi connectivity index (χ3n) is 2.65. The van der Waals surface area contributed by atoms with Crippen LogP contribution >= 0.6 is 11.6 Å². The molecule has 0 saturated heterocycles. The molecule has 2 rings (SSSR count). The van der Waals surface area contributed by atoms with Crippen LogP contribution in [0.1, 0.15) is 17.2 Å². The summed E-state index contributed by atoms with van der Waals surface area (Å²) in [6.07, 6.45) is -0.699. The SMILES string of the molecule is N#Cc1ccc(OCC(O)c2ccccc2)cc1Cl. The zero-order valence-corrected chi connectivity index (χ0v) is 10.8. The third-order valence-corrected chi connectivity index (χ3v) is 2.97. The normalized spacial score (nSPS) is 11.6. The molecule has 0 aliphatic rings. The fourth-order valence-electron chi connectivity index (χ4n) is 1.62. The minimum absolute atomic E-state index is 0.131. The maximum atomic E-state index is 9.94. The number of nitriles is 1. The van der Waals surface area contributed by atoms with E-state index in [1.807, 2.05) is 36.4 Å². The first-order valence-electron chi connectivity index (χ1n) is 5.76. The van der Waals surface area contributed by atoms with Gasteiger partial charge in [-0.05, 0) is 17.7 Å². The number of aliphatic hydroxyl groups is 1. The Kier molecular flexibility index (Phi) is 4.40. The van der Waals surface area contributed by atoms with Crippen LogP contribution < -0.4 is 4.74 Å². The predicted molar refractivity (Wildman–Crippen MR) is 73.1 cm³/mol. The highest BCUT2D eigenvalue weighted by Crippen LogP contribution is 2.23. The Morgan fingerprint density at radius 2 is 1.95 bits per heavy atom. The second-order valence-corrected chi connectivity index (χ2v) is 4.40. The summed E-state index contributed by atoms with van der Waals surface area (Å²) in [5, 5.41) is 19.0. The van der Waals surface area contributed by atoms with E-state index in [4.69, 9.17) is 21.6 Å². The molecule has 2 aromatic carbocycles. The Morgan fingerprint density at radius 1 is 1.21 bits per heavy atom. The van der Waals surface area contributed by atoms with E-state index in [9.17, 15) is 5.11 Å². The van der Waals surface area contributed by atoms with E-state index in [1.165, 1.54) is 0 Å². The van der Waals surface area contributed by atoms with Crippen molar-refractivity contribution in [2.45, 2.75) is 6.10 Å². The van der Waals surface area contributed by atoms with Gasteiger partial charge in [0.15, 0.2) is 0 Å². The molecule has 0 saturated carbocycles. The van der Waals surface area contributed by atoms with E-state index in [2.05, 4.69) is 0 Å². The molecule has 3 nitrogen and oxygen atoms in total. The van der Waals surface area contributed by atoms with Gasteiger partial charge in [0.05, 0.1) is 10.6 Å². The highest BCUT2D eigenvalue weighted by molar-refractivity contribution is 6.31. The van der Waals surface area contributed by atoms with Crippen LogP contribution in [0, 0.1) is 11.3 Å². The molecule has 0 aromatic heterocycles. The molecule has 0 fully saturated rings. The van der Waals surface area contributed by atoms with Crippen LogP contribution in [-0.2, 0) is 0 Å². The summed E-state index contributed by atoms with van der Waals surface area (Å²) in [4.78, 5) is 0. The second-order valence-electron chi connectivity index (χ2n) is 3.99. The van der Waals surface area contributed by atoms with Crippen molar-refractivity contribution in [3.05, 3.63) is 64.7 Å². The molecule has 0 amide bonds. The Bertz CT molecular complexity index is 593. The number of rotatable bonds is 4. The molecule has 0 radical (unpaired) electrons. The van der Waals surface area contributed by atoms with E-state index >= 15 is 0 Å². The van der Waals surface area contributed by atoms with Crippen molar-refractivity contribution in [1.82, 2.24) is 0 Å². The van der Waals surface area contributed by atoms with Gasteiger partial charge in [-0.15, -0.1) is 0 Å². The average molecular weight is 274 g/mol. The summed E-state index contributed by atoms with van der Waals surface area (Å²) in [5.41, 5.74) is 1.19. The Labute approximate surface area is 116 Å². The second kappa shape index (κ2) is 6.24. The number of halogens is 1. The first-order chi connectivity index (χ1) is 9.20. The van der Waals surface area contributed by atoms with Crippen molar-refractivity contribution in [2.75, 3.05) is 6.61 Å². The molecule has 0 heterocycles. The van der Waals surface area contributed by atoms with Crippen LogP contribution in [0.4, 0.5) is 0 Å². The van der Waals surface area contributed by atoms with Crippen molar-refractivity contribution in [3.63, 3.8) is 0 Å². The first kappa shape index (κ1) is 13.4. The molecule has 0 bridgehead atoms. The Morgan fingerprint density at radius 3 is 2.58 bits per heavy atom. The molecule has 19 heavy (non-hydrogen) atoms. The molecular formula is C15H12ClNO2. The quantitative estimate of drug-likeness (QED) is 0.930. The van der Waals surface area contributed by atoms with Gasteiger partial charge in [-0.25, -0.2) is 0 Å². The molecule has 2 aromatic rings. The van der Waals surface area contributed by atoms with E-state index < -0.39 is 6.10 Å². The summed E-state index contributed by atoms with van der Waals surface area (Å²) >= 11 is 5.90. The lowest BCUT2D eigenvalue weighted by Crippen LogP contribution is -2.09. The van der Waals surface area contributed by atoms with Gasteiger partial charge in [-0.2, -0.15) is 5.26 Å². The van der Waals surface area contributed by atoms with Crippen LogP contribution in [0.5, 0.6) is 5.75 Å². The maximum absolute atomic E-state index is 9.94. The number of hydrogen-bond acceptors (Lipinski definition) is 3. The highest BCUT2D eigenvalue weighted by atomic mass is 35.5.